The molecule has 8 heteroatoms. The molecular weight excluding hydrogens is 332 g/mol. The van der Waals surface area contributed by atoms with Gasteiger partial charge in [-0.2, -0.15) is 0 Å². The number of benzene rings is 1. The number of nitrogen functional groups attached to an aromatic ring is 1. The summed E-state index contributed by atoms with van der Waals surface area (Å²) >= 11 is 0. The minimum absolute atomic E-state index is 0.0883. The van der Waals surface area contributed by atoms with E-state index in [1.807, 2.05) is 0 Å². The van der Waals surface area contributed by atoms with Crippen molar-refractivity contribution in [1.82, 2.24) is 4.57 Å². The number of nitrogens with zero attached hydrogens (tertiary/aromatic N) is 1. The SMILES string of the molecule is Cc1ccc(O)c(C)c1-n1c(N)c(C(N)=O)cc([C@@H]2CC2(F)F)c1=O. The molecule has 1 saturated carbocycles. The van der Waals surface area contributed by atoms with Crippen LogP contribution >= 0.6 is 0 Å². The lowest BCUT2D eigenvalue weighted by Crippen LogP contribution is -2.30. The average Bonchev–Trinajstić information content (AvgIpc) is 3.14. The number of carbonyl (C=O) groups excluding carboxylic acids is 1. The van der Waals surface area contributed by atoms with Crippen molar-refractivity contribution in [2.45, 2.75) is 32.1 Å². The van der Waals surface area contributed by atoms with Gasteiger partial charge < -0.3 is 16.6 Å². The Hall–Kier alpha value is -2.90. The Morgan fingerprint density at radius 3 is 2.48 bits per heavy atom. The summed E-state index contributed by atoms with van der Waals surface area (Å²) in [6.07, 6.45) is -0.470. The topological polar surface area (TPSA) is 111 Å². The van der Waals surface area contributed by atoms with Crippen molar-refractivity contribution in [3.63, 3.8) is 0 Å². The van der Waals surface area contributed by atoms with E-state index in [1.165, 1.54) is 6.07 Å². The van der Waals surface area contributed by atoms with E-state index < -0.39 is 29.7 Å². The minimum atomic E-state index is -3.00. The van der Waals surface area contributed by atoms with Gasteiger partial charge in [-0.15, -0.1) is 0 Å². The fourth-order valence-electron chi connectivity index (χ4n) is 3.04. The molecule has 0 spiro atoms. The number of pyridine rings is 1. The van der Waals surface area contributed by atoms with Gasteiger partial charge in [-0.3, -0.25) is 14.2 Å². The largest absolute Gasteiger partial charge is 0.508 e. The van der Waals surface area contributed by atoms with Gasteiger partial charge in [0.25, 0.3) is 17.4 Å². The van der Waals surface area contributed by atoms with Gasteiger partial charge in [-0.05, 0) is 31.5 Å². The summed E-state index contributed by atoms with van der Waals surface area (Å²) in [5.74, 6) is -5.53. The molecule has 0 radical (unpaired) electrons. The Morgan fingerprint density at radius 1 is 1.36 bits per heavy atom. The van der Waals surface area contributed by atoms with Crippen LogP contribution in [0.25, 0.3) is 5.69 Å². The molecule has 132 valence electrons. The Morgan fingerprint density at radius 2 is 1.96 bits per heavy atom. The number of halogens is 2. The van der Waals surface area contributed by atoms with Crippen LogP contribution in [0.5, 0.6) is 5.75 Å². The molecule has 5 N–H and O–H groups in total. The number of alkyl halides is 2. The number of hydrogen-bond acceptors (Lipinski definition) is 4. The van der Waals surface area contributed by atoms with Crippen molar-refractivity contribution in [3.8, 4) is 11.4 Å². The van der Waals surface area contributed by atoms with Crippen LogP contribution in [0.2, 0.25) is 0 Å². The van der Waals surface area contributed by atoms with E-state index in [4.69, 9.17) is 11.5 Å². The highest BCUT2D eigenvalue weighted by Crippen LogP contribution is 2.55. The predicted molar refractivity (Wildman–Crippen MR) is 88.4 cm³/mol. The van der Waals surface area contributed by atoms with Gasteiger partial charge in [0.2, 0.25) is 0 Å². The summed E-state index contributed by atoms with van der Waals surface area (Å²) in [6.45, 7) is 3.24. The molecule has 1 heterocycles. The van der Waals surface area contributed by atoms with Crippen LogP contribution in [-0.2, 0) is 0 Å². The summed E-state index contributed by atoms with van der Waals surface area (Å²) in [4.78, 5) is 24.6. The lowest BCUT2D eigenvalue weighted by Gasteiger charge is -2.19. The Balaban J connectivity index is 2.40. The van der Waals surface area contributed by atoms with Gasteiger partial charge in [-0.1, -0.05) is 6.07 Å². The standard InChI is InChI=1S/C17H17F2N3O3/c1-7-3-4-12(23)8(2)13(7)22-14(20)10(15(21)24)5-9(16(22)25)11-6-17(11,18)19/h3-5,11,23H,6,20H2,1-2H3,(H2,21,24)/t11-/m0/s1. The monoisotopic (exact) mass is 349 g/mol. The molecule has 1 aliphatic rings. The highest BCUT2D eigenvalue weighted by molar-refractivity contribution is 5.97. The summed E-state index contributed by atoms with van der Waals surface area (Å²) < 4.78 is 28.0. The highest BCUT2D eigenvalue weighted by atomic mass is 19.3. The van der Waals surface area contributed by atoms with E-state index in [1.54, 1.807) is 19.9 Å². The molecule has 1 atom stereocenters. The van der Waals surface area contributed by atoms with Gasteiger partial charge in [0, 0.05) is 17.5 Å². The van der Waals surface area contributed by atoms with Crippen molar-refractivity contribution in [1.29, 1.82) is 0 Å². The van der Waals surface area contributed by atoms with Crippen LogP contribution in [0.4, 0.5) is 14.6 Å². The predicted octanol–water partition coefficient (Wildman–Crippen LogP) is 1.96. The number of aromatic hydroxyl groups is 1. The van der Waals surface area contributed by atoms with Crippen molar-refractivity contribution < 1.29 is 18.7 Å². The first-order valence-electron chi connectivity index (χ1n) is 7.59. The van der Waals surface area contributed by atoms with Gasteiger partial charge in [-0.25, -0.2) is 8.78 Å². The summed E-state index contributed by atoms with van der Waals surface area (Å²) in [5.41, 5.74) is 11.3. The van der Waals surface area contributed by atoms with Gasteiger partial charge >= 0.3 is 0 Å². The van der Waals surface area contributed by atoms with E-state index >= 15 is 0 Å². The van der Waals surface area contributed by atoms with E-state index in [-0.39, 0.29) is 28.4 Å². The van der Waals surface area contributed by atoms with Gasteiger partial charge in [0.1, 0.15) is 11.6 Å². The maximum absolute atomic E-state index is 13.5. The fraction of sp³-hybridized carbons (Fsp3) is 0.294. The van der Waals surface area contributed by atoms with Crippen molar-refractivity contribution in [2.24, 2.45) is 5.73 Å². The molecule has 1 aromatic carbocycles. The smallest absolute Gasteiger partial charge is 0.260 e. The third kappa shape index (κ3) is 2.54. The first kappa shape index (κ1) is 16.9. The van der Waals surface area contributed by atoms with Crippen LogP contribution in [0.1, 0.15) is 39.4 Å². The number of aryl methyl sites for hydroxylation is 1. The number of anilines is 1. The maximum Gasteiger partial charge on any atom is 0.260 e. The molecule has 0 saturated heterocycles. The molecule has 1 aliphatic carbocycles. The second kappa shape index (κ2) is 5.30. The molecule has 1 fully saturated rings. The van der Waals surface area contributed by atoms with E-state index in [2.05, 4.69) is 0 Å². The lowest BCUT2D eigenvalue weighted by atomic mass is 10.0. The Kier molecular flexibility index (Phi) is 3.59. The fourth-order valence-corrected chi connectivity index (χ4v) is 3.04. The quantitative estimate of drug-likeness (QED) is 0.786. The number of primary amides is 1. The van der Waals surface area contributed by atoms with E-state index in [9.17, 15) is 23.5 Å². The molecule has 3 rings (SSSR count). The zero-order valence-corrected chi connectivity index (χ0v) is 13.6. The maximum atomic E-state index is 13.5. The van der Waals surface area contributed by atoms with Crippen LogP contribution in [0.3, 0.4) is 0 Å². The summed E-state index contributed by atoms with van der Waals surface area (Å²) in [6, 6.07) is 4.06. The number of carbonyl (C=O) groups is 1. The second-order valence-electron chi connectivity index (χ2n) is 6.30. The van der Waals surface area contributed by atoms with Crippen molar-refractivity contribution in [2.75, 3.05) is 5.73 Å². The van der Waals surface area contributed by atoms with Crippen LogP contribution in [0, 0.1) is 13.8 Å². The Labute approximate surface area is 141 Å². The first-order chi connectivity index (χ1) is 11.6. The van der Waals surface area contributed by atoms with Crippen LogP contribution < -0.4 is 17.0 Å². The third-order valence-electron chi connectivity index (χ3n) is 4.56. The van der Waals surface area contributed by atoms with Crippen LogP contribution in [0.15, 0.2) is 23.0 Å². The number of phenolic OH excluding ortho intramolecular Hbond substituents is 1. The van der Waals surface area contributed by atoms with Crippen molar-refractivity contribution >= 4 is 11.7 Å². The molecule has 0 aliphatic heterocycles. The summed E-state index contributed by atoms with van der Waals surface area (Å²) in [7, 11) is 0. The molecular formula is C17H17F2N3O3. The highest BCUT2D eigenvalue weighted by Gasteiger charge is 2.59. The van der Waals surface area contributed by atoms with Crippen LogP contribution in [-0.4, -0.2) is 21.5 Å². The molecule has 1 aromatic heterocycles. The third-order valence-corrected chi connectivity index (χ3v) is 4.56. The average molecular weight is 349 g/mol. The number of hydrogen-bond donors (Lipinski definition) is 3. The number of rotatable bonds is 3. The normalized spacial score (nSPS) is 18.2. The second-order valence-corrected chi connectivity index (χ2v) is 6.30. The summed E-state index contributed by atoms with van der Waals surface area (Å²) in [5, 5.41) is 9.95. The number of amides is 1. The van der Waals surface area contributed by atoms with Gasteiger partial charge in [0.15, 0.2) is 0 Å². The number of phenols is 1. The van der Waals surface area contributed by atoms with E-state index in [0.717, 1.165) is 10.6 Å². The molecule has 1 amide bonds. The Bertz CT molecular complexity index is 967. The number of nitrogens with two attached hydrogens (primary N) is 2. The van der Waals surface area contributed by atoms with E-state index in [0.29, 0.717) is 11.1 Å². The zero-order valence-electron chi connectivity index (χ0n) is 13.6. The zero-order chi connectivity index (χ0) is 18.7. The first-order valence-corrected chi connectivity index (χ1v) is 7.59. The molecule has 0 unspecified atom stereocenters. The molecule has 6 nitrogen and oxygen atoms in total. The lowest BCUT2D eigenvalue weighted by molar-refractivity contribution is 0.0998. The number of aromatic nitrogens is 1. The minimum Gasteiger partial charge on any atom is -0.508 e. The molecule has 25 heavy (non-hydrogen) atoms. The molecule has 2 aromatic rings. The van der Waals surface area contributed by atoms with Crippen molar-refractivity contribution in [3.05, 3.63) is 50.8 Å². The molecule has 0 bridgehead atoms. The van der Waals surface area contributed by atoms with Gasteiger partial charge in [0.05, 0.1) is 17.2 Å².